The lowest BCUT2D eigenvalue weighted by Crippen LogP contribution is -2.41. The van der Waals surface area contributed by atoms with Crippen LogP contribution in [0.3, 0.4) is 0 Å². The molecule has 1 aromatic carbocycles. The Kier molecular flexibility index (Phi) is 9.32. The van der Waals surface area contributed by atoms with Gasteiger partial charge in [-0.2, -0.15) is 0 Å². The third-order valence-corrected chi connectivity index (χ3v) is 6.13. The van der Waals surface area contributed by atoms with Gasteiger partial charge in [0, 0.05) is 45.9 Å². The highest BCUT2D eigenvalue weighted by Gasteiger charge is 2.20. The van der Waals surface area contributed by atoms with Gasteiger partial charge < -0.3 is 23.9 Å². The number of nitrogens with zero attached hydrogens (tertiary/aromatic N) is 3. The van der Waals surface area contributed by atoms with Crippen LogP contribution in [0.4, 0.5) is 0 Å². The minimum atomic E-state index is -0.225. The third-order valence-electron chi connectivity index (χ3n) is 6.13. The standard InChI is InChI=1S/C25H36N4O5/c1-2-32-21-7-5-20(6-8-21)17-29(10-9-28-11-14-31-15-12-28)18-24-27-23(19-34-24)25(30)26-16-22-4-3-13-33-22/h5-8,19,22H,2-4,9-18H2,1H3,(H,26,30). The summed E-state index contributed by atoms with van der Waals surface area (Å²) in [5.41, 5.74) is 1.49. The SMILES string of the molecule is CCOc1ccc(CN(CCN2CCOCC2)Cc2nc(C(=O)NCC3CCCO3)co2)cc1. The average Bonchev–Trinajstić information content (AvgIpc) is 3.56. The summed E-state index contributed by atoms with van der Waals surface area (Å²) in [4.78, 5) is 21.6. The molecule has 4 rings (SSSR count). The molecule has 2 aliphatic rings. The van der Waals surface area contributed by atoms with Crippen LogP contribution < -0.4 is 10.1 Å². The molecule has 0 bridgehead atoms. The van der Waals surface area contributed by atoms with Gasteiger partial charge in [-0.15, -0.1) is 0 Å². The summed E-state index contributed by atoms with van der Waals surface area (Å²) in [6.07, 6.45) is 3.56. The van der Waals surface area contributed by atoms with Crippen molar-refractivity contribution in [2.45, 2.75) is 39.0 Å². The molecule has 9 nitrogen and oxygen atoms in total. The minimum absolute atomic E-state index is 0.0973. The second-order valence-corrected chi connectivity index (χ2v) is 8.71. The molecule has 1 aromatic heterocycles. The summed E-state index contributed by atoms with van der Waals surface area (Å²) >= 11 is 0. The van der Waals surface area contributed by atoms with E-state index in [1.165, 1.54) is 11.8 Å². The molecule has 0 saturated carbocycles. The van der Waals surface area contributed by atoms with Gasteiger partial charge in [0.2, 0.25) is 5.89 Å². The van der Waals surface area contributed by atoms with Gasteiger partial charge in [-0.1, -0.05) is 12.1 Å². The molecule has 3 heterocycles. The number of aromatic nitrogens is 1. The average molecular weight is 473 g/mol. The van der Waals surface area contributed by atoms with Crippen molar-refractivity contribution in [2.75, 3.05) is 59.2 Å². The Morgan fingerprint density at radius 1 is 1.21 bits per heavy atom. The second kappa shape index (κ2) is 12.9. The number of hydrogen-bond donors (Lipinski definition) is 1. The topological polar surface area (TPSA) is 89.3 Å². The molecule has 1 N–H and O–H groups in total. The lowest BCUT2D eigenvalue weighted by Gasteiger charge is -2.29. The highest BCUT2D eigenvalue weighted by Crippen LogP contribution is 2.16. The molecule has 9 heteroatoms. The smallest absolute Gasteiger partial charge is 0.273 e. The van der Waals surface area contributed by atoms with Crippen LogP contribution in [0.5, 0.6) is 5.75 Å². The van der Waals surface area contributed by atoms with Gasteiger partial charge >= 0.3 is 0 Å². The van der Waals surface area contributed by atoms with Gasteiger partial charge in [0.15, 0.2) is 5.69 Å². The number of hydrogen-bond acceptors (Lipinski definition) is 8. The molecule has 0 radical (unpaired) electrons. The summed E-state index contributed by atoms with van der Waals surface area (Å²) in [6.45, 7) is 10.4. The molecule has 186 valence electrons. The van der Waals surface area contributed by atoms with E-state index < -0.39 is 0 Å². The largest absolute Gasteiger partial charge is 0.494 e. The van der Waals surface area contributed by atoms with Crippen molar-refractivity contribution < 1.29 is 23.4 Å². The maximum atomic E-state index is 12.5. The van der Waals surface area contributed by atoms with E-state index in [9.17, 15) is 4.79 Å². The van der Waals surface area contributed by atoms with Gasteiger partial charge in [0.1, 0.15) is 12.0 Å². The second-order valence-electron chi connectivity index (χ2n) is 8.71. The van der Waals surface area contributed by atoms with Gasteiger partial charge in [-0.05, 0) is 37.5 Å². The van der Waals surface area contributed by atoms with Crippen LogP contribution in [-0.4, -0.2) is 85.9 Å². The molecule has 0 aliphatic carbocycles. The molecule has 0 spiro atoms. The lowest BCUT2D eigenvalue weighted by atomic mass is 10.2. The summed E-state index contributed by atoms with van der Waals surface area (Å²) in [5, 5.41) is 2.90. The lowest BCUT2D eigenvalue weighted by molar-refractivity contribution is 0.0320. The molecule has 34 heavy (non-hydrogen) atoms. The van der Waals surface area contributed by atoms with Crippen molar-refractivity contribution >= 4 is 5.91 Å². The maximum Gasteiger partial charge on any atom is 0.273 e. The number of carbonyl (C=O) groups excluding carboxylic acids is 1. The number of oxazole rings is 1. The summed E-state index contributed by atoms with van der Waals surface area (Å²) < 4.78 is 22.3. The van der Waals surface area contributed by atoms with E-state index in [-0.39, 0.29) is 12.0 Å². The fourth-order valence-corrected chi connectivity index (χ4v) is 4.22. The quantitative estimate of drug-likeness (QED) is 0.504. The van der Waals surface area contributed by atoms with Crippen molar-refractivity contribution in [1.29, 1.82) is 0 Å². The van der Waals surface area contributed by atoms with E-state index in [4.69, 9.17) is 18.6 Å². The molecule has 1 atom stereocenters. The van der Waals surface area contributed by atoms with Crippen LogP contribution in [0.2, 0.25) is 0 Å². The number of amides is 1. The van der Waals surface area contributed by atoms with Gasteiger partial charge in [-0.3, -0.25) is 14.6 Å². The fourth-order valence-electron chi connectivity index (χ4n) is 4.22. The van der Waals surface area contributed by atoms with E-state index in [1.807, 2.05) is 19.1 Å². The van der Waals surface area contributed by atoms with Gasteiger partial charge in [0.25, 0.3) is 5.91 Å². The van der Waals surface area contributed by atoms with E-state index >= 15 is 0 Å². The molecule has 1 unspecified atom stereocenters. The number of nitrogens with one attached hydrogen (secondary N) is 1. The highest BCUT2D eigenvalue weighted by atomic mass is 16.5. The molecule has 2 fully saturated rings. The zero-order chi connectivity index (χ0) is 23.6. The van der Waals surface area contributed by atoms with Crippen molar-refractivity contribution in [1.82, 2.24) is 20.1 Å². The van der Waals surface area contributed by atoms with Gasteiger partial charge in [-0.25, -0.2) is 4.98 Å². The predicted molar refractivity (Wildman–Crippen MR) is 127 cm³/mol. The zero-order valence-electron chi connectivity index (χ0n) is 20.0. The fraction of sp³-hybridized carbons (Fsp3) is 0.600. The first kappa shape index (κ1) is 24.7. The van der Waals surface area contributed by atoms with Gasteiger partial charge in [0.05, 0.1) is 32.5 Å². The van der Waals surface area contributed by atoms with Crippen LogP contribution in [0.15, 0.2) is 34.9 Å². The van der Waals surface area contributed by atoms with Crippen LogP contribution in [-0.2, 0) is 22.6 Å². The first-order chi connectivity index (χ1) is 16.7. The molecule has 2 saturated heterocycles. The number of ether oxygens (including phenoxy) is 3. The van der Waals surface area contributed by atoms with Crippen molar-refractivity contribution in [3.05, 3.63) is 47.7 Å². The number of benzene rings is 1. The van der Waals surface area contributed by atoms with Crippen LogP contribution in [0.1, 0.15) is 41.7 Å². The Balaban J connectivity index is 1.35. The van der Waals surface area contributed by atoms with Crippen molar-refractivity contribution in [3.8, 4) is 5.75 Å². The Bertz CT molecular complexity index is 876. The third kappa shape index (κ3) is 7.53. The van der Waals surface area contributed by atoms with Crippen molar-refractivity contribution in [3.63, 3.8) is 0 Å². The van der Waals surface area contributed by atoms with Crippen LogP contribution in [0.25, 0.3) is 0 Å². The highest BCUT2D eigenvalue weighted by molar-refractivity contribution is 5.91. The number of rotatable bonds is 12. The van der Waals surface area contributed by atoms with Crippen LogP contribution in [0, 0.1) is 0 Å². The first-order valence-electron chi connectivity index (χ1n) is 12.3. The zero-order valence-corrected chi connectivity index (χ0v) is 20.0. The summed E-state index contributed by atoms with van der Waals surface area (Å²) in [6, 6.07) is 8.18. The van der Waals surface area contributed by atoms with E-state index in [2.05, 4.69) is 32.2 Å². The van der Waals surface area contributed by atoms with E-state index in [1.54, 1.807) is 0 Å². The number of carbonyl (C=O) groups is 1. The Hall–Kier alpha value is -2.46. The van der Waals surface area contributed by atoms with Crippen molar-refractivity contribution in [2.24, 2.45) is 0 Å². The van der Waals surface area contributed by atoms with E-state index in [0.717, 1.165) is 71.1 Å². The van der Waals surface area contributed by atoms with Crippen LogP contribution >= 0.6 is 0 Å². The number of morpholine rings is 1. The first-order valence-corrected chi connectivity index (χ1v) is 12.3. The molecule has 2 aliphatic heterocycles. The normalized spacial score (nSPS) is 18.9. The Morgan fingerprint density at radius 3 is 2.76 bits per heavy atom. The minimum Gasteiger partial charge on any atom is -0.494 e. The monoisotopic (exact) mass is 472 g/mol. The molecule has 1 amide bonds. The molecular weight excluding hydrogens is 436 g/mol. The molecular formula is C25H36N4O5. The van der Waals surface area contributed by atoms with E-state index in [0.29, 0.717) is 31.3 Å². The predicted octanol–water partition coefficient (Wildman–Crippen LogP) is 2.32. The molecule has 2 aromatic rings. The maximum absolute atomic E-state index is 12.5. The Morgan fingerprint density at radius 2 is 2.03 bits per heavy atom. The Labute approximate surface area is 201 Å². The summed E-state index contributed by atoms with van der Waals surface area (Å²) in [5.74, 6) is 1.18. The summed E-state index contributed by atoms with van der Waals surface area (Å²) in [7, 11) is 0.